The van der Waals surface area contributed by atoms with E-state index in [0.717, 1.165) is 12.2 Å². The van der Waals surface area contributed by atoms with Gasteiger partial charge in [0.2, 0.25) is 0 Å². The van der Waals surface area contributed by atoms with Gasteiger partial charge < -0.3 is 9.84 Å². The first-order chi connectivity index (χ1) is 6.59. The third kappa shape index (κ3) is 1.62. The molecule has 14 heavy (non-hydrogen) atoms. The Hall–Kier alpha value is -1.02. The maximum atomic E-state index is 9.55. The first kappa shape index (κ1) is 9.53. The monoisotopic (exact) mass is 192 g/mol. The number of benzene rings is 1. The lowest BCUT2D eigenvalue weighted by atomic mass is 9.80. The van der Waals surface area contributed by atoms with Crippen LogP contribution in [0.2, 0.25) is 0 Å². The van der Waals surface area contributed by atoms with Crippen LogP contribution in [0, 0.1) is 0 Å². The number of hydrogen-bond acceptors (Lipinski definition) is 2. The Kier molecular flexibility index (Phi) is 2.23. The first-order valence-electron chi connectivity index (χ1n) is 5.04. The summed E-state index contributed by atoms with van der Waals surface area (Å²) in [6.45, 7) is 4.38. The number of ether oxygens (including phenoxy) is 1. The molecule has 1 unspecified atom stereocenters. The summed E-state index contributed by atoms with van der Waals surface area (Å²) in [7, 11) is 0. The van der Waals surface area contributed by atoms with Crippen LogP contribution in [0.1, 0.15) is 32.3 Å². The molecule has 0 aromatic heterocycles. The van der Waals surface area contributed by atoms with Crippen molar-refractivity contribution in [1.29, 1.82) is 0 Å². The predicted octanol–water partition coefficient (Wildman–Crippen LogP) is 2.46. The van der Waals surface area contributed by atoms with Crippen molar-refractivity contribution in [3.05, 3.63) is 29.8 Å². The summed E-state index contributed by atoms with van der Waals surface area (Å²) in [4.78, 5) is 0. The van der Waals surface area contributed by atoms with Gasteiger partial charge in [0.05, 0.1) is 0 Å². The predicted molar refractivity (Wildman–Crippen MR) is 55.3 cm³/mol. The van der Waals surface area contributed by atoms with E-state index in [0.29, 0.717) is 6.42 Å². The zero-order valence-corrected chi connectivity index (χ0v) is 8.66. The second kappa shape index (κ2) is 3.28. The van der Waals surface area contributed by atoms with Gasteiger partial charge >= 0.3 is 0 Å². The third-order valence-electron chi connectivity index (χ3n) is 2.90. The largest absolute Gasteiger partial charge is 0.465 e. The van der Waals surface area contributed by atoms with Crippen LogP contribution in [-0.4, -0.2) is 11.4 Å². The molecule has 0 saturated carbocycles. The number of aliphatic hydroxyl groups excluding tert-OH is 1. The van der Waals surface area contributed by atoms with E-state index < -0.39 is 6.29 Å². The molecular weight excluding hydrogens is 176 g/mol. The van der Waals surface area contributed by atoms with Crippen LogP contribution < -0.4 is 4.74 Å². The fourth-order valence-corrected chi connectivity index (χ4v) is 1.95. The lowest BCUT2D eigenvalue weighted by Crippen LogP contribution is -2.17. The minimum Gasteiger partial charge on any atom is -0.465 e. The van der Waals surface area contributed by atoms with Crippen molar-refractivity contribution in [2.24, 2.45) is 0 Å². The fraction of sp³-hybridized carbons (Fsp3) is 0.500. The van der Waals surface area contributed by atoms with Crippen molar-refractivity contribution in [1.82, 2.24) is 0 Å². The summed E-state index contributed by atoms with van der Waals surface area (Å²) in [5.74, 6) is 0.822. The zero-order valence-electron chi connectivity index (χ0n) is 8.66. The molecule has 2 heteroatoms. The Morgan fingerprint density at radius 2 is 2.07 bits per heavy atom. The molecule has 0 aliphatic carbocycles. The van der Waals surface area contributed by atoms with Crippen LogP contribution in [0.5, 0.6) is 5.75 Å². The van der Waals surface area contributed by atoms with Gasteiger partial charge in [-0.15, -0.1) is 0 Å². The van der Waals surface area contributed by atoms with Gasteiger partial charge in [-0.1, -0.05) is 32.0 Å². The lowest BCUT2D eigenvalue weighted by molar-refractivity contribution is -0.0217. The first-order valence-corrected chi connectivity index (χ1v) is 5.04. The molecule has 1 aliphatic heterocycles. The highest BCUT2D eigenvalue weighted by molar-refractivity contribution is 5.39. The molecule has 1 aliphatic rings. The highest BCUT2D eigenvalue weighted by Crippen LogP contribution is 2.38. The Morgan fingerprint density at radius 3 is 2.86 bits per heavy atom. The van der Waals surface area contributed by atoms with Crippen LogP contribution >= 0.6 is 0 Å². The van der Waals surface area contributed by atoms with Crippen molar-refractivity contribution in [3.8, 4) is 5.75 Å². The molecule has 1 heterocycles. The summed E-state index contributed by atoms with van der Waals surface area (Å²) in [5, 5.41) is 9.55. The second-order valence-electron chi connectivity index (χ2n) is 4.49. The molecule has 0 saturated heterocycles. The molecule has 0 spiro atoms. The van der Waals surface area contributed by atoms with Crippen molar-refractivity contribution in [3.63, 3.8) is 0 Å². The standard InChI is InChI=1S/C12H16O2/c1-12(2)8-7-11(13)14-10-6-4-3-5-9(10)12/h3-6,11,13H,7-8H2,1-2H3. The van der Waals surface area contributed by atoms with E-state index in [1.807, 2.05) is 18.2 Å². The van der Waals surface area contributed by atoms with Gasteiger partial charge in [-0.05, 0) is 23.5 Å². The number of aliphatic hydroxyl groups is 1. The Bertz CT molecular complexity index is 331. The molecule has 2 rings (SSSR count). The minimum absolute atomic E-state index is 0.0913. The second-order valence-corrected chi connectivity index (χ2v) is 4.49. The van der Waals surface area contributed by atoms with Crippen molar-refractivity contribution < 1.29 is 9.84 Å². The third-order valence-corrected chi connectivity index (χ3v) is 2.90. The fourth-order valence-electron chi connectivity index (χ4n) is 1.95. The molecule has 1 aromatic rings. The van der Waals surface area contributed by atoms with Crippen LogP contribution in [0.4, 0.5) is 0 Å². The van der Waals surface area contributed by atoms with E-state index in [-0.39, 0.29) is 5.41 Å². The smallest absolute Gasteiger partial charge is 0.197 e. The van der Waals surface area contributed by atoms with Gasteiger partial charge in [0, 0.05) is 6.42 Å². The summed E-state index contributed by atoms with van der Waals surface area (Å²) in [6.07, 6.45) is 0.991. The Morgan fingerprint density at radius 1 is 1.36 bits per heavy atom. The van der Waals surface area contributed by atoms with Gasteiger partial charge in [-0.3, -0.25) is 0 Å². The van der Waals surface area contributed by atoms with E-state index >= 15 is 0 Å². The number of fused-ring (bicyclic) bond motifs is 1. The summed E-state index contributed by atoms with van der Waals surface area (Å²) in [5.41, 5.74) is 1.28. The van der Waals surface area contributed by atoms with Crippen molar-refractivity contribution in [2.75, 3.05) is 0 Å². The van der Waals surface area contributed by atoms with Gasteiger partial charge in [-0.25, -0.2) is 0 Å². The molecule has 2 nitrogen and oxygen atoms in total. The molecular formula is C12H16O2. The molecule has 0 bridgehead atoms. The maximum absolute atomic E-state index is 9.55. The molecule has 76 valence electrons. The van der Waals surface area contributed by atoms with Crippen LogP contribution in [-0.2, 0) is 5.41 Å². The van der Waals surface area contributed by atoms with E-state index in [9.17, 15) is 5.11 Å². The van der Waals surface area contributed by atoms with E-state index in [1.165, 1.54) is 5.56 Å². The van der Waals surface area contributed by atoms with Gasteiger partial charge in [0.15, 0.2) is 6.29 Å². The van der Waals surface area contributed by atoms with E-state index in [2.05, 4.69) is 19.9 Å². The summed E-state index contributed by atoms with van der Waals surface area (Å²) in [6, 6.07) is 7.95. The quantitative estimate of drug-likeness (QED) is 0.684. The maximum Gasteiger partial charge on any atom is 0.197 e. The summed E-state index contributed by atoms with van der Waals surface area (Å²) < 4.78 is 5.45. The van der Waals surface area contributed by atoms with Crippen molar-refractivity contribution >= 4 is 0 Å². The topological polar surface area (TPSA) is 29.5 Å². The lowest BCUT2D eigenvalue weighted by Gasteiger charge is -2.23. The van der Waals surface area contributed by atoms with E-state index in [1.54, 1.807) is 0 Å². The van der Waals surface area contributed by atoms with Crippen LogP contribution in [0.3, 0.4) is 0 Å². The van der Waals surface area contributed by atoms with Crippen molar-refractivity contribution in [2.45, 2.75) is 38.4 Å². The molecule has 1 atom stereocenters. The highest BCUT2D eigenvalue weighted by atomic mass is 16.6. The normalized spacial score (nSPS) is 24.6. The Balaban J connectivity index is 2.47. The van der Waals surface area contributed by atoms with Gasteiger partial charge in [-0.2, -0.15) is 0 Å². The highest BCUT2D eigenvalue weighted by Gasteiger charge is 2.29. The molecule has 0 radical (unpaired) electrons. The SMILES string of the molecule is CC1(C)CCC(O)Oc2ccccc21. The zero-order chi connectivity index (χ0) is 10.2. The minimum atomic E-state index is -0.655. The van der Waals surface area contributed by atoms with Crippen LogP contribution in [0.25, 0.3) is 0 Å². The van der Waals surface area contributed by atoms with Gasteiger partial charge in [0.25, 0.3) is 0 Å². The number of hydrogen-bond donors (Lipinski definition) is 1. The Labute approximate surface area is 84.5 Å². The average Bonchev–Trinajstić information content (AvgIpc) is 2.25. The number of para-hydroxylation sites is 1. The number of rotatable bonds is 0. The molecule has 1 N–H and O–H groups in total. The van der Waals surface area contributed by atoms with Gasteiger partial charge in [0.1, 0.15) is 5.75 Å². The average molecular weight is 192 g/mol. The van der Waals surface area contributed by atoms with E-state index in [4.69, 9.17) is 4.74 Å². The van der Waals surface area contributed by atoms with Crippen LogP contribution in [0.15, 0.2) is 24.3 Å². The molecule has 0 amide bonds. The summed E-state index contributed by atoms with van der Waals surface area (Å²) >= 11 is 0. The molecule has 1 aromatic carbocycles. The molecule has 0 fully saturated rings.